The molecule has 2 N–H and O–H groups in total. The van der Waals surface area contributed by atoms with Crippen LogP contribution in [0.15, 0.2) is 48.5 Å². The molecule has 0 bridgehead atoms. The summed E-state index contributed by atoms with van der Waals surface area (Å²) in [5.41, 5.74) is 1.02. The summed E-state index contributed by atoms with van der Waals surface area (Å²) in [5, 5.41) is 16.7. The number of rotatable bonds is 9. The molecule has 0 aliphatic carbocycles. The molecule has 0 aromatic heterocycles. The smallest absolute Gasteiger partial charge is 0.292 e. The summed E-state index contributed by atoms with van der Waals surface area (Å²) in [5.74, 6) is 0.480. The Morgan fingerprint density at radius 3 is 2.89 bits per heavy atom. The summed E-state index contributed by atoms with van der Waals surface area (Å²) >= 11 is 0. The van der Waals surface area contributed by atoms with Crippen LogP contribution in [0.1, 0.15) is 19.3 Å². The summed E-state index contributed by atoms with van der Waals surface area (Å²) in [6.45, 7) is 1.56. The Balaban J connectivity index is 1.45. The topological polar surface area (TPSA) is 103 Å². The van der Waals surface area contributed by atoms with Crippen LogP contribution in [0, 0.1) is 10.1 Å². The van der Waals surface area contributed by atoms with Gasteiger partial charge in [0.15, 0.2) is 0 Å². The minimum absolute atomic E-state index is 0.0148. The molecular formula is C20H23N3O5. The van der Waals surface area contributed by atoms with Crippen LogP contribution in [0.3, 0.4) is 0 Å². The first-order valence-corrected chi connectivity index (χ1v) is 9.23. The van der Waals surface area contributed by atoms with Gasteiger partial charge in [-0.3, -0.25) is 14.9 Å². The summed E-state index contributed by atoms with van der Waals surface area (Å²) < 4.78 is 11.3. The van der Waals surface area contributed by atoms with E-state index in [-0.39, 0.29) is 30.7 Å². The Morgan fingerprint density at radius 2 is 2.11 bits per heavy atom. The second-order valence-electron chi connectivity index (χ2n) is 6.47. The van der Waals surface area contributed by atoms with Gasteiger partial charge in [0.05, 0.1) is 11.0 Å². The molecule has 28 heavy (non-hydrogen) atoms. The van der Waals surface area contributed by atoms with Gasteiger partial charge in [-0.2, -0.15) is 0 Å². The summed E-state index contributed by atoms with van der Waals surface area (Å²) in [6, 6.07) is 13.5. The van der Waals surface area contributed by atoms with E-state index in [4.69, 9.17) is 9.47 Å². The lowest BCUT2D eigenvalue weighted by atomic mass is 10.2. The van der Waals surface area contributed by atoms with Crippen LogP contribution in [0.5, 0.6) is 5.75 Å². The van der Waals surface area contributed by atoms with Crippen molar-refractivity contribution in [3.8, 4) is 5.75 Å². The number of ether oxygens (including phenoxy) is 2. The predicted molar refractivity (Wildman–Crippen MR) is 106 cm³/mol. The van der Waals surface area contributed by atoms with Crippen molar-refractivity contribution < 1.29 is 19.2 Å². The highest BCUT2D eigenvalue weighted by molar-refractivity contribution is 5.91. The SMILES string of the molecule is O=C(CCNc1ccccc1[N+](=O)[O-])Nc1cccc(OCC2CCCO2)c1. The number of carbonyl (C=O) groups is 1. The zero-order chi connectivity index (χ0) is 19.8. The van der Waals surface area contributed by atoms with Crippen LogP contribution < -0.4 is 15.4 Å². The molecule has 0 saturated carbocycles. The number of hydrogen-bond donors (Lipinski definition) is 2. The fourth-order valence-corrected chi connectivity index (χ4v) is 2.95. The van der Waals surface area contributed by atoms with Gasteiger partial charge in [-0.05, 0) is 31.0 Å². The van der Waals surface area contributed by atoms with E-state index in [0.717, 1.165) is 19.4 Å². The highest BCUT2D eigenvalue weighted by Crippen LogP contribution is 2.23. The van der Waals surface area contributed by atoms with Crippen molar-refractivity contribution >= 4 is 23.0 Å². The first-order chi connectivity index (χ1) is 13.6. The van der Waals surface area contributed by atoms with E-state index >= 15 is 0 Å². The van der Waals surface area contributed by atoms with Crippen molar-refractivity contribution in [2.45, 2.75) is 25.4 Å². The number of benzene rings is 2. The average Bonchev–Trinajstić information content (AvgIpc) is 3.20. The van der Waals surface area contributed by atoms with Gasteiger partial charge in [-0.15, -0.1) is 0 Å². The number of para-hydroxylation sites is 2. The van der Waals surface area contributed by atoms with Crippen molar-refractivity contribution in [2.75, 3.05) is 30.4 Å². The van der Waals surface area contributed by atoms with E-state index in [0.29, 0.717) is 23.7 Å². The standard InChI is InChI=1S/C20H23N3O5/c24-20(10-11-21-18-8-1-2-9-19(18)23(25)26)22-15-5-3-6-16(13-15)28-14-17-7-4-12-27-17/h1-3,5-6,8-9,13,17,21H,4,7,10-12,14H2,(H,22,24). The normalized spacial score (nSPS) is 15.8. The predicted octanol–water partition coefficient (Wildman–Crippen LogP) is 3.59. The van der Waals surface area contributed by atoms with Crippen LogP contribution in [0.4, 0.5) is 17.1 Å². The number of nitrogens with one attached hydrogen (secondary N) is 2. The van der Waals surface area contributed by atoms with Crippen molar-refractivity contribution in [3.63, 3.8) is 0 Å². The molecule has 8 nitrogen and oxygen atoms in total. The molecule has 1 aliphatic heterocycles. The maximum Gasteiger partial charge on any atom is 0.292 e. The number of nitro groups is 1. The Morgan fingerprint density at radius 1 is 1.25 bits per heavy atom. The zero-order valence-electron chi connectivity index (χ0n) is 15.4. The third-order valence-electron chi connectivity index (χ3n) is 4.35. The Bertz CT molecular complexity index is 821. The fourth-order valence-electron chi connectivity index (χ4n) is 2.95. The minimum Gasteiger partial charge on any atom is -0.491 e. The van der Waals surface area contributed by atoms with E-state index in [1.165, 1.54) is 6.07 Å². The van der Waals surface area contributed by atoms with Crippen molar-refractivity contribution in [2.24, 2.45) is 0 Å². The highest BCUT2D eigenvalue weighted by atomic mass is 16.6. The van der Waals surface area contributed by atoms with Gasteiger partial charge >= 0.3 is 0 Å². The van der Waals surface area contributed by atoms with Gasteiger partial charge in [-0.25, -0.2) is 0 Å². The molecule has 2 aromatic carbocycles. The molecule has 1 saturated heterocycles. The maximum absolute atomic E-state index is 12.2. The number of nitro benzene ring substituents is 1. The molecule has 1 fully saturated rings. The summed E-state index contributed by atoms with van der Waals surface area (Å²) in [7, 11) is 0. The Kier molecular flexibility index (Phi) is 6.80. The molecule has 0 radical (unpaired) electrons. The number of nitrogens with zero attached hydrogens (tertiary/aromatic N) is 1. The van der Waals surface area contributed by atoms with E-state index in [1.54, 1.807) is 30.3 Å². The lowest BCUT2D eigenvalue weighted by Crippen LogP contribution is -2.17. The second-order valence-corrected chi connectivity index (χ2v) is 6.47. The number of hydrogen-bond acceptors (Lipinski definition) is 6. The van der Waals surface area contributed by atoms with E-state index < -0.39 is 4.92 Å². The summed E-state index contributed by atoms with van der Waals surface area (Å²) in [6.07, 6.45) is 2.37. The Hall–Kier alpha value is -3.13. The molecule has 1 unspecified atom stereocenters. The maximum atomic E-state index is 12.2. The monoisotopic (exact) mass is 385 g/mol. The van der Waals surface area contributed by atoms with Gasteiger partial charge in [0.1, 0.15) is 18.0 Å². The quantitative estimate of drug-likeness (QED) is 0.505. The molecule has 1 atom stereocenters. The van der Waals surface area contributed by atoms with Gasteiger partial charge in [0.2, 0.25) is 5.91 Å². The molecule has 3 rings (SSSR count). The lowest BCUT2D eigenvalue weighted by molar-refractivity contribution is -0.384. The Labute approximate surface area is 163 Å². The molecule has 8 heteroatoms. The van der Waals surface area contributed by atoms with Crippen LogP contribution in [0.2, 0.25) is 0 Å². The molecular weight excluding hydrogens is 362 g/mol. The molecule has 2 aromatic rings. The second kappa shape index (κ2) is 9.70. The number of anilines is 2. The van der Waals surface area contributed by atoms with Crippen LogP contribution in [-0.2, 0) is 9.53 Å². The van der Waals surface area contributed by atoms with Gasteiger partial charge < -0.3 is 20.1 Å². The van der Waals surface area contributed by atoms with Crippen molar-refractivity contribution in [1.82, 2.24) is 0 Å². The number of carbonyl (C=O) groups excluding carboxylic acids is 1. The first kappa shape index (κ1) is 19.6. The van der Waals surface area contributed by atoms with Gasteiger partial charge in [0.25, 0.3) is 5.69 Å². The first-order valence-electron chi connectivity index (χ1n) is 9.23. The van der Waals surface area contributed by atoms with E-state index in [1.807, 2.05) is 12.1 Å². The molecule has 1 heterocycles. The molecule has 1 aliphatic rings. The van der Waals surface area contributed by atoms with Crippen LogP contribution in [0.25, 0.3) is 0 Å². The molecule has 1 amide bonds. The average molecular weight is 385 g/mol. The highest BCUT2D eigenvalue weighted by Gasteiger charge is 2.16. The zero-order valence-corrected chi connectivity index (χ0v) is 15.4. The minimum atomic E-state index is -0.454. The number of amides is 1. The fraction of sp³-hybridized carbons (Fsp3) is 0.350. The van der Waals surface area contributed by atoms with Crippen LogP contribution in [-0.4, -0.2) is 36.7 Å². The van der Waals surface area contributed by atoms with Gasteiger partial charge in [-0.1, -0.05) is 18.2 Å². The van der Waals surface area contributed by atoms with E-state index in [9.17, 15) is 14.9 Å². The third kappa shape index (κ3) is 5.68. The summed E-state index contributed by atoms with van der Waals surface area (Å²) in [4.78, 5) is 22.7. The largest absolute Gasteiger partial charge is 0.491 e. The van der Waals surface area contributed by atoms with E-state index in [2.05, 4.69) is 10.6 Å². The lowest BCUT2D eigenvalue weighted by Gasteiger charge is -2.13. The molecule has 0 spiro atoms. The van der Waals surface area contributed by atoms with Crippen LogP contribution >= 0.6 is 0 Å². The third-order valence-corrected chi connectivity index (χ3v) is 4.35. The van der Waals surface area contributed by atoms with Gasteiger partial charge in [0, 0.05) is 37.4 Å². The van der Waals surface area contributed by atoms with Crippen molar-refractivity contribution in [1.29, 1.82) is 0 Å². The molecule has 148 valence electrons. The van der Waals surface area contributed by atoms with Crippen molar-refractivity contribution in [3.05, 3.63) is 58.6 Å².